The summed E-state index contributed by atoms with van der Waals surface area (Å²) in [6.07, 6.45) is 0. The highest BCUT2D eigenvalue weighted by Crippen LogP contribution is 2.17. The van der Waals surface area contributed by atoms with Crippen LogP contribution in [0.2, 0.25) is 0 Å². The van der Waals surface area contributed by atoms with E-state index in [1.807, 2.05) is 33.8 Å². The zero-order valence-corrected chi connectivity index (χ0v) is 15.2. The van der Waals surface area contributed by atoms with Gasteiger partial charge in [0.1, 0.15) is 23.3 Å². The lowest BCUT2D eigenvalue weighted by molar-refractivity contribution is -0.127. The number of benzene rings is 1. The first-order valence-electron chi connectivity index (χ1n) is 8.14. The molecule has 0 spiro atoms. The number of rotatable bonds is 6. The van der Waals surface area contributed by atoms with Gasteiger partial charge in [0.25, 0.3) is 5.91 Å². The van der Waals surface area contributed by atoms with Crippen LogP contribution >= 0.6 is 0 Å². The fraction of sp³-hybridized carbons (Fsp3) is 0.474. The Balaban J connectivity index is 3.47. The van der Waals surface area contributed by atoms with Gasteiger partial charge in [-0.15, -0.1) is 0 Å². The molecule has 0 heterocycles. The first kappa shape index (κ1) is 19.7. The summed E-state index contributed by atoms with van der Waals surface area (Å²) in [7, 11) is 0. The Kier molecular flexibility index (Phi) is 7.01. The summed E-state index contributed by atoms with van der Waals surface area (Å²) in [5, 5.41) is 0. The molecule has 5 heteroatoms. The van der Waals surface area contributed by atoms with Gasteiger partial charge in [0.2, 0.25) is 0 Å². The monoisotopic (exact) mass is 330 g/mol. The van der Waals surface area contributed by atoms with Gasteiger partial charge in [-0.1, -0.05) is 18.2 Å². The van der Waals surface area contributed by atoms with Crippen molar-refractivity contribution in [3.8, 4) is 0 Å². The van der Waals surface area contributed by atoms with E-state index in [9.17, 15) is 14.4 Å². The maximum Gasteiger partial charge on any atom is 0.259 e. The van der Waals surface area contributed by atoms with Crippen molar-refractivity contribution in [1.29, 1.82) is 0 Å². The second kappa shape index (κ2) is 8.52. The van der Waals surface area contributed by atoms with E-state index in [2.05, 4.69) is 4.99 Å². The summed E-state index contributed by atoms with van der Waals surface area (Å²) in [5.41, 5.74) is 0.494. The van der Waals surface area contributed by atoms with Crippen molar-refractivity contribution >= 4 is 23.3 Å². The molecule has 130 valence electrons. The highest BCUT2D eigenvalue weighted by molar-refractivity contribution is 6.23. The number of Topliss-reactive ketones (excluding diaryl/α,β-unsaturated/α-hetero) is 2. The third-order valence-electron chi connectivity index (χ3n) is 3.46. The van der Waals surface area contributed by atoms with Crippen molar-refractivity contribution in [3.63, 3.8) is 0 Å². The number of nitrogens with zero attached hydrogens (tertiary/aromatic N) is 2. The van der Waals surface area contributed by atoms with E-state index in [1.165, 1.54) is 18.7 Å². The van der Waals surface area contributed by atoms with Gasteiger partial charge >= 0.3 is 0 Å². The minimum Gasteiger partial charge on any atom is -0.299 e. The molecule has 0 aliphatic carbocycles. The Hall–Kier alpha value is -2.30. The van der Waals surface area contributed by atoms with Gasteiger partial charge in [0, 0.05) is 17.6 Å². The zero-order valence-electron chi connectivity index (χ0n) is 15.2. The van der Waals surface area contributed by atoms with E-state index < -0.39 is 5.92 Å². The van der Waals surface area contributed by atoms with Crippen LogP contribution in [-0.4, -0.2) is 40.3 Å². The molecule has 0 saturated carbocycles. The van der Waals surface area contributed by atoms with Crippen LogP contribution in [0.1, 0.15) is 51.9 Å². The van der Waals surface area contributed by atoms with E-state index in [0.717, 1.165) is 0 Å². The average molecular weight is 330 g/mol. The van der Waals surface area contributed by atoms with Gasteiger partial charge < -0.3 is 0 Å². The zero-order chi connectivity index (χ0) is 18.4. The molecular formula is C19H26N2O3. The molecule has 0 N–H and O–H groups in total. The molecular weight excluding hydrogens is 304 g/mol. The van der Waals surface area contributed by atoms with Crippen LogP contribution in [0.5, 0.6) is 0 Å². The SMILES string of the molecule is CC(=O)C(C(C)=O)C(=NC(C)C)N(C(=O)c1ccccc1)C(C)C. The molecule has 0 atom stereocenters. The maximum atomic E-state index is 13.0. The quantitative estimate of drug-likeness (QED) is 0.457. The van der Waals surface area contributed by atoms with Crippen LogP contribution in [0.15, 0.2) is 35.3 Å². The number of hydrogen-bond donors (Lipinski definition) is 0. The van der Waals surface area contributed by atoms with Crippen molar-refractivity contribution in [3.05, 3.63) is 35.9 Å². The lowest BCUT2D eigenvalue weighted by Gasteiger charge is -2.31. The van der Waals surface area contributed by atoms with Crippen molar-refractivity contribution in [2.45, 2.75) is 53.6 Å². The molecule has 24 heavy (non-hydrogen) atoms. The van der Waals surface area contributed by atoms with E-state index >= 15 is 0 Å². The van der Waals surface area contributed by atoms with Gasteiger partial charge in [-0.2, -0.15) is 0 Å². The molecule has 0 aromatic heterocycles. The Morgan fingerprint density at radius 2 is 1.42 bits per heavy atom. The molecule has 0 aliphatic heterocycles. The van der Waals surface area contributed by atoms with Gasteiger partial charge in [-0.25, -0.2) is 0 Å². The molecule has 1 aromatic rings. The minimum atomic E-state index is -1.03. The summed E-state index contributed by atoms with van der Waals surface area (Å²) in [5.74, 6) is -1.68. The van der Waals surface area contributed by atoms with Crippen LogP contribution in [0.3, 0.4) is 0 Å². The molecule has 5 nitrogen and oxygen atoms in total. The van der Waals surface area contributed by atoms with Crippen LogP contribution in [0, 0.1) is 5.92 Å². The van der Waals surface area contributed by atoms with Gasteiger partial charge in [0.15, 0.2) is 0 Å². The largest absolute Gasteiger partial charge is 0.299 e. The highest BCUT2D eigenvalue weighted by Gasteiger charge is 2.35. The number of aliphatic imine (C=N–C) groups is 1. The fourth-order valence-electron chi connectivity index (χ4n) is 2.51. The highest BCUT2D eigenvalue weighted by atomic mass is 16.2. The third-order valence-corrected chi connectivity index (χ3v) is 3.46. The van der Waals surface area contributed by atoms with Gasteiger partial charge in [-0.05, 0) is 53.7 Å². The molecule has 0 radical (unpaired) electrons. The standard InChI is InChI=1S/C19H26N2O3/c1-12(2)20-18(17(14(5)22)15(6)23)21(13(3)4)19(24)16-10-8-7-9-11-16/h7-13,17H,1-6H3. The maximum absolute atomic E-state index is 13.0. The molecule has 0 bridgehead atoms. The molecule has 0 saturated heterocycles. The van der Waals surface area contributed by atoms with Crippen molar-refractivity contribution in [2.75, 3.05) is 0 Å². The van der Waals surface area contributed by atoms with Crippen LogP contribution in [-0.2, 0) is 9.59 Å². The van der Waals surface area contributed by atoms with Gasteiger partial charge in [0.05, 0.1) is 0 Å². The molecule has 0 unspecified atom stereocenters. The van der Waals surface area contributed by atoms with Crippen LogP contribution in [0.4, 0.5) is 0 Å². The number of carbonyl (C=O) groups excluding carboxylic acids is 3. The number of amides is 1. The molecule has 0 fully saturated rings. The summed E-state index contributed by atoms with van der Waals surface area (Å²) in [6, 6.07) is 8.41. The predicted octanol–water partition coefficient (Wildman–Crippen LogP) is 3.14. The number of ketones is 2. The Bertz CT molecular complexity index is 619. The molecule has 1 amide bonds. The number of amidine groups is 1. The predicted molar refractivity (Wildman–Crippen MR) is 95.2 cm³/mol. The Labute approximate surface area is 143 Å². The summed E-state index contributed by atoms with van der Waals surface area (Å²) < 4.78 is 0. The minimum absolute atomic E-state index is 0.147. The lowest BCUT2D eigenvalue weighted by Crippen LogP contribution is -2.49. The summed E-state index contributed by atoms with van der Waals surface area (Å²) in [6.45, 7) is 10.1. The third kappa shape index (κ3) is 4.85. The van der Waals surface area contributed by atoms with E-state index in [-0.39, 0.29) is 35.4 Å². The number of hydrogen-bond acceptors (Lipinski definition) is 4. The van der Waals surface area contributed by atoms with Gasteiger partial charge in [-0.3, -0.25) is 24.3 Å². The molecule has 1 aromatic carbocycles. The second-order valence-electron chi connectivity index (χ2n) is 6.37. The molecule has 1 rings (SSSR count). The summed E-state index contributed by atoms with van der Waals surface area (Å²) in [4.78, 5) is 43.0. The number of carbonyl (C=O) groups is 3. The fourth-order valence-corrected chi connectivity index (χ4v) is 2.51. The molecule has 0 aliphatic rings. The summed E-state index contributed by atoms with van der Waals surface area (Å²) >= 11 is 0. The van der Waals surface area contributed by atoms with E-state index in [4.69, 9.17) is 0 Å². The Morgan fingerprint density at radius 3 is 1.79 bits per heavy atom. The first-order valence-corrected chi connectivity index (χ1v) is 8.14. The topological polar surface area (TPSA) is 66.8 Å². The van der Waals surface area contributed by atoms with E-state index in [0.29, 0.717) is 5.56 Å². The smallest absolute Gasteiger partial charge is 0.259 e. The van der Waals surface area contributed by atoms with E-state index in [1.54, 1.807) is 24.3 Å². The first-order chi connectivity index (χ1) is 11.2. The second-order valence-corrected chi connectivity index (χ2v) is 6.37. The van der Waals surface area contributed by atoms with Crippen molar-refractivity contribution in [2.24, 2.45) is 10.9 Å². The van der Waals surface area contributed by atoms with Crippen molar-refractivity contribution in [1.82, 2.24) is 4.90 Å². The Morgan fingerprint density at radius 1 is 0.917 bits per heavy atom. The lowest BCUT2D eigenvalue weighted by atomic mass is 9.96. The average Bonchev–Trinajstić information content (AvgIpc) is 2.46. The van der Waals surface area contributed by atoms with Crippen molar-refractivity contribution < 1.29 is 14.4 Å². The normalized spacial score (nSPS) is 12.0. The van der Waals surface area contributed by atoms with Crippen LogP contribution in [0.25, 0.3) is 0 Å². The van der Waals surface area contributed by atoms with Crippen LogP contribution < -0.4 is 0 Å².